The molecule has 0 unspecified atom stereocenters. The van der Waals surface area contributed by atoms with Crippen LogP contribution in [0.3, 0.4) is 0 Å². The number of nitrogens with zero attached hydrogens (tertiary/aromatic N) is 2. The summed E-state index contributed by atoms with van der Waals surface area (Å²) in [7, 11) is 0. The van der Waals surface area contributed by atoms with Gasteiger partial charge in [-0.15, -0.1) is 0 Å². The second-order valence-corrected chi connectivity index (χ2v) is 5.58. The van der Waals surface area contributed by atoms with Crippen molar-refractivity contribution in [2.75, 3.05) is 0 Å². The Balaban J connectivity index is 2.46. The van der Waals surface area contributed by atoms with Gasteiger partial charge in [-0.05, 0) is 26.2 Å². The molecule has 3 heteroatoms. The molecule has 1 aromatic rings. The topological polar surface area (TPSA) is 43.8 Å². The maximum atomic E-state index is 6.09. The zero-order chi connectivity index (χ0) is 12.2. The van der Waals surface area contributed by atoms with Gasteiger partial charge in [-0.3, -0.25) is 0 Å². The molecule has 16 heavy (non-hydrogen) atoms. The first-order chi connectivity index (χ1) is 7.41. The number of hydrogen-bond acceptors (Lipinski definition) is 2. The highest BCUT2D eigenvalue weighted by Gasteiger charge is 2.18. The second kappa shape index (κ2) is 5.48. The fourth-order valence-corrected chi connectivity index (χ4v) is 1.87. The molecule has 0 fully saturated rings. The minimum Gasteiger partial charge on any atom is -0.333 e. The van der Waals surface area contributed by atoms with Crippen molar-refractivity contribution in [1.29, 1.82) is 0 Å². The van der Waals surface area contributed by atoms with Crippen LogP contribution in [-0.2, 0) is 12.1 Å². The summed E-state index contributed by atoms with van der Waals surface area (Å²) >= 11 is 0. The molecule has 0 aliphatic carbocycles. The first-order valence-corrected chi connectivity index (χ1v) is 6.20. The van der Waals surface area contributed by atoms with Crippen molar-refractivity contribution in [3.8, 4) is 0 Å². The number of unbranched alkanes of at least 4 members (excludes halogenated alkanes) is 1. The molecule has 0 bridgehead atoms. The normalized spacial score (nSPS) is 12.4. The summed E-state index contributed by atoms with van der Waals surface area (Å²) in [5, 5.41) is 0. The SMILES string of the molecule is CC(C)CCCCn1cncc1C(C)(C)N. The summed E-state index contributed by atoms with van der Waals surface area (Å²) in [6.45, 7) is 9.61. The van der Waals surface area contributed by atoms with Crippen molar-refractivity contribution in [3.63, 3.8) is 0 Å². The molecule has 1 aromatic heterocycles. The van der Waals surface area contributed by atoms with Crippen LogP contribution in [0.1, 0.15) is 52.7 Å². The first kappa shape index (κ1) is 13.2. The van der Waals surface area contributed by atoms with Gasteiger partial charge in [0.25, 0.3) is 0 Å². The lowest BCUT2D eigenvalue weighted by molar-refractivity contribution is 0.464. The molecular weight excluding hydrogens is 198 g/mol. The van der Waals surface area contributed by atoms with Gasteiger partial charge in [-0.2, -0.15) is 0 Å². The van der Waals surface area contributed by atoms with E-state index in [0.29, 0.717) is 0 Å². The Morgan fingerprint density at radius 1 is 1.38 bits per heavy atom. The maximum absolute atomic E-state index is 6.09. The molecule has 92 valence electrons. The van der Waals surface area contributed by atoms with Crippen LogP contribution in [0.25, 0.3) is 0 Å². The Labute approximate surface area is 99.1 Å². The molecule has 1 heterocycles. The lowest BCUT2D eigenvalue weighted by atomic mass is 10.0. The smallest absolute Gasteiger partial charge is 0.0948 e. The predicted octanol–water partition coefficient (Wildman–Crippen LogP) is 2.90. The Bertz CT molecular complexity index is 307. The van der Waals surface area contributed by atoms with Crippen LogP contribution < -0.4 is 5.73 Å². The van der Waals surface area contributed by atoms with E-state index in [4.69, 9.17) is 5.73 Å². The summed E-state index contributed by atoms with van der Waals surface area (Å²) < 4.78 is 2.18. The third-order valence-electron chi connectivity index (χ3n) is 2.80. The number of hydrogen-bond donors (Lipinski definition) is 1. The highest BCUT2D eigenvalue weighted by atomic mass is 15.1. The Morgan fingerprint density at radius 3 is 2.62 bits per heavy atom. The summed E-state index contributed by atoms with van der Waals surface area (Å²) in [4.78, 5) is 4.19. The average Bonchev–Trinajstić information content (AvgIpc) is 2.59. The molecule has 3 nitrogen and oxygen atoms in total. The molecule has 0 saturated heterocycles. The highest BCUT2D eigenvalue weighted by Crippen LogP contribution is 2.17. The van der Waals surface area contributed by atoms with E-state index in [-0.39, 0.29) is 5.54 Å². The third-order valence-corrected chi connectivity index (χ3v) is 2.80. The van der Waals surface area contributed by atoms with Gasteiger partial charge in [-0.25, -0.2) is 4.98 Å². The summed E-state index contributed by atoms with van der Waals surface area (Å²) in [6.07, 6.45) is 7.55. The fourth-order valence-electron chi connectivity index (χ4n) is 1.87. The standard InChI is InChI=1S/C13H25N3/c1-11(2)7-5-6-8-16-10-15-9-12(16)13(3,4)14/h9-11H,5-8,14H2,1-4H3. The van der Waals surface area contributed by atoms with Crippen molar-refractivity contribution in [2.24, 2.45) is 11.7 Å². The van der Waals surface area contributed by atoms with Gasteiger partial charge in [0, 0.05) is 12.7 Å². The molecule has 2 N–H and O–H groups in total. The molecule has 0 aliphatic heterocycles. The number of nitrogens with two attached hydrogens (primary N) is 1. The van der Waals surface area contributed by atoms with Gasteiger partial charge in [0.05, 0.1) is 17.6 Å². The third kappa shape index (κ3) is 3.97. The molecule has 0 amide bonds. The molecule has 0 atom stereocenters. The van der Waals surface area contributed by atoms with Gasteiger partial charge >= 0.3 is 0 Å². The van der Waals surface area contributed by atoms with Crippen LogP contribution in [0.15, 0.2) is 12.5 Å². The molecule has 1 rings (SSSR count). The van der Waals surface area contributed by atoms with E-state index in [1.807, 2.05) is 26.4 Å². The summed E-state index contributed by atoms with van der Waals surface area (Å²) in [5.41, 5.74) is 6.92. The number of aromatic nitrogens is 2. The predicted molar refractivity (Wildman–Crippen MR) is 68.1 cm³/mol. The van der Waals surface area contributed by atoms with Crippen molar-refractivity contribution >= 4 is 0 Å². The Hall–Kier alpha value is -0.830. The zero-order valence-corrected chi connectivity index (χ0v) is 11.0. The van der Waals surface area contributed by atoms with Crippen molar-refractivity contribution in [1.82, 2.24) is 9.55 Å². The van der Waals surface area contributed by atoms with Crippen molar-refractivity contribution < 1.29 is 0 Å². The quantitative estimate of drug-likeness (QED) is 0.754. The van der Waals surface area contributed by atoms with Crippen LogP contribution in [-0.4, -0.2) is 9.55 Å². The van der Waals surface area contributed by atoms with Gasteiger partial charge in [-0.1, -0.05) is 26.7 Å². The first-order valence-electron chi connectivity index (χ1n) is 6.20. The van der Waals surface area contributed by atoms with Crippen LogP contribution >= 0.6 is 0 Å². The molecule has 0 saturated carbocycles. The summed E-state index contributed by atoms with van der Waals surface area (Å²) in [5.74, 6) is 0.799. The van der Waals surface area contributed by atoms with Crippen LogP contribution in [0, 0.1) is 5.92 Å². The summed E-state index contributed by atoms with van der Waals surface area (Å²) in [6, 6.07) is 0. The van der Waals surface area contributed by atoms with E-state index in [9.17, 15) is 0 Å². The number of aryl methyl sites for hydroxylation is 1. The van der Waals surface area contributed by atoms with Crippen LogP contribution in [0.2, 0.25) is 0 Å². The van der Waals surface area contributed by atoms with E-state index >= 15 is 0 Å². The largest absolute Gasteiger partial charge is 0.333 e. The number of rotatable bonds is 6. The maximum Gasteiger partial charge on any atom is 0.0948 e. The van der Waals surface area contributed by atoms with Crippen LogP contribution in [0.5, 0.6) is 0 Å². The van der Waals surface area contributed by atoms with E-state index in [2.05, 4.69) is 23.4 Å². The highest BCUT2D eigenvalue weighted by molar-refractivity contribution is 5.09. The minimum atomic E-state index is -0.297. The van der Waals surface area contributed by atoms with Crippen molar-refractivity contribution in [3.05, 3.63) is 18.2 Å². The Morgan fingerprint density at radius 2 is 2.06 bits per heavy atom. The molecule has 0 radical (unpaired) electrons. The van der Waals surface area contributed by atoms with E-state index in [1.165, 1.54) is 19.3 Å². The lowest BCUT2D eigenvalue weighted by Crippen LogP contribution is -2.31. The fraction of sp³-hybridized carbons (Fsp3) is 0.769. The van der Waals surface area contributed by atoms with Gasteiger partial charge in [0.1, 0.15) is 0 Å². The van der Waals surface area contributed by atoms with Crippen LogP contribution in [0.4, 0.5) is 0 Å². The van der Waals surface area contributed by atoms with Gasteiger partial charge in [0.15, 0.2) is 0 Å². The van der Waals surface area contributed by atoms with Gasteiger partial charge in [0.2, 0.25) is 0 Å². The molecule has 0 aromatic carbocycles. The molecule has 0 spiro atoms. The lowest BCUT2D eigenvalue weighted by Gasteiger charge is -2.20. The molecular formula is C13H25N3. The average molecular weight is 223 g/mol. The van der Waals surface area contributed by atoms with E-state index < -0.39 is 0 Å². The number of imidazole rings is 1. The van der Waals surface area contributed by atoms with Crippen molar-refractivity contribution in [2.45, 2.75) is 59.0 Å². The zero-order valence-electron chi connectivity index (χ0n) is 11.0. The monoisotopic (exact) mass is 223 g/mol. The Kier molecular flexibility index (Phi) is 4.54. The molecule has 0 aliphatic rings. The van der Waals surface area contributed by atoms with E-state index in [0.717, 1.165) is 18.2 Å². The minimum absolute atomic E-state index is 0.297. The van der Waals surface area contributed by atoms with Gasteiger partial charge < -0.3 is 10.3 Å². The van der Waals surface area contributed by atoms with E-state index in [1.54, 1.807) is 0 Å². The second-order valence-electron chi connectivity index (χ2n) is 5.58.